The molecule has 1 rings (SSSR count). The quantitative estimate of drug-likeness (QED) is 0.742. The summed E-state index contributed by atoms with van der Waals surface area (Å²) in [4.78, 5) is 24.7. The Hall–Kier alpha value is -1.10. The van der Waals surface area contributed by atoms with Gasteiger partial charge in [0.2, 0.25) is 5.91 Å². The second-order valence-electron chi connectivity index (χ2n) is 5.33. The smallest absolute Gasteiger partial charge is 0.306 e. The number of rotatable bonds is 6. The minimum atomic E-state index is -0.753. The standard InChI is InChI=1S/C13H24N2O3/c1-5-8(2)14-12(16)10(4)15-6-11(7-15)9(3)13(17)18/h8-11H,5-7H2,1-4H3,(H,14,16)(H,17,18). The summed E-state index contributed by atoms with van der Waals surface area (Å²) >= 11 is 0. The molecule has 3 unspecified atom stereocenters. The maximum atomic E-state index is 11.9. The molecule has 1 heterocycles. The first kappa shape index (κ1) is 15.0. The van der Waals surface area contributed by atoms with Crippen molar-refractivity contribution in [3.05, 3.63) is 0 Å². The maximum Gasteiger partial charge on any atom is 0.306 e. The van der Waals surface area contributed by atoms with Crippen LogP contribution in [-0.2, 0) is 9.59 Å². The molecule has 0 spiro atoms. The van der Waals surface area contributed by atoms with E-state index in [0.717, 1.165) is 6.42 Å². The van der Waals surface area contributed by atoms with Crippen LogP contribution >= 0.6 is 0 Å². The van der Waals surface area contributed by atoms with Crippen molar-refractivity contribution in [2.75, 3.05) is 13.1 Å². The van der Waals surface area contributed by atoms with Gasteiger partial charge in [-0.1, -0.05) is 13.8 Å². The van der Waals surface area contributed by atoms with E-state index < -0.39 is 5.97 Å². The molecule has 5 nitrogen and oxygen atoms in total. The molecule has 104 valence electrons. The fraction of sp³-hybridized carbons (Fsp3) is 0.846. The highest BCUT2D eigenvalue weighted by Crippen LogP contribution is 2.25. The Morgan fingerprint density at radius 3 is 2.33 bits per heavy atom. The number of hydrogen-bond acceptors (Lipinski definition) is 3. The average Bonchev–Trinajstić information content (AvgIpc) is 2.26. The van der Waals surface area contributed by atoms with E-state index in [-0.39, 0.29) is 29.8 Å². The summed E-state index contributed by atoms with van der Waals surface area (Å²) in [5, 5.41) is 11.9. The fourth-order valence-corrected chi connectivity index (χ4v) is 2.01. The van der Waals surface area contributed by atoms with Crippen molar-refractivity contribution >= 4 is 11.9 Å². The highest BCUT2D eigenvalue weighted by Gasteiger charge is 2.38. The first-order chi connectivity index (χ1) is 8.36. The Balaban J connectivity index is 2.36. The van der Waals surface area contributed by atoms with Gasteiger partial charge in [-0.2, -0.15) is 0 Å². The van der Waals surface area contributed by atoms with Gasteiger partial charge in [0.05, 0.1) is 12.0 Å². The van der Waals surface area contributed by atoms with E-state index in [4.69, 9.17) is 5.11 Å². The normalized spacial score (nSPS) is 21.8. The van der Waals surface area contributed by atoms with Crippen LogP contribution in [0.1, 0.15) is 34.1 Å². The summed E-state index contributed by atoms with van der Waals surface area (Å²) in [5.74, 6) is -0.880. The molecule has 0 saturated carbocycles. The summed E-state index contributed by atoms with van der Waals surface area (Å²) in [6, 6.07) is 0.0196. The number of carboxylic acid groups (broad SMARTS) is 1. The Bertz CT molecular complexity index is 313. The van der Waals surface area contributed by atoms with Crippen LogP contribution in [0.5, 0.6) is 0 Å². The van der Waals surface area contributed by atoms with E-state index in [1.54, 1.807) is 6.92 Å². The first-order valence-corrected chi connectivity index (χ1v) is 6.64. The molecule has 2 N–H and O–H groups in total. The third-order valence-corrected chi connectivity index (χ3v) is 3.96. The number of nitrogens with one attached hydrogen (secondary N) is 1. The van der Waals surface area contributed by atoms with Crippen molar-refractivity contribution in [3.63, 3.8) is 0 Å². The van der Waals surface area contributed by atoms with Crippen LogP contribution in [0.2, 0.25) is 0 Å². The number of carbonyl (C=O) groups excluding carboxylic acids is 1. The summed E-state index contributed by atoms with van der Waals surface area (Å²) < 4.78 is 0. The minimum Gasteiger partial charge on any atom is -0.481 e. The van der Waals surface area contributed by atoms with Crippen molar-refractivity contribution in [1.82, 2.24) is 10.2 Å². The third-order valence-electron chi connectivity index (χ3n) is 3.96. The van der Waals surface area contributed by atoms with Crippen LogP contribution in [0.4, 0.5) is 0 Å². The molecule has 1 aliphatic rings. The molecule has 1 aliphatic heterocycles. The lowest BCUT2D eigenvalue weighted by Gasteiger charge is -2.44. The average molecular weight is 256 g/mol. The van der Waals surface area contributed by atoms with Crippen molar-refractivity contribution < 1.29 is 14.7 Å². The van der Waals surface area contributed by atoms with Crippen molar-refractivity contribution in [1.29, 1.82) is 0 Å². The van der Waals surface area contributed by atoms with E-state index >= 15 is 0 Å². The highest BCUT2D eigenvalue weighted by molar-refractivity contribution is 5.81. The molecular formula is C13H24N2O3. The van der Waals surface area contributed by atoms with Gasteiger partial charge in [-0.25, -0.2) is 0 Å². The van der Waals surface area contributed by atoms with Gasteiger partial charge in [-0.05, 0) is 26.2 Å². The van der Waals surface area contributed by atoms with Gasteiger partial charge in [0.25, 0.3) is 0 Å². The van der Waals surface area contributed by atoms with Gasteiger partial charge < -0.3 is 10.4 Å². The molecule has 1 amide bonds. The molecule has 0 aromatic rings. The maximum absolute atomic E-state index is 11.9. The molecule has 5 heteroatoms. The molecular weight excluding hydrogens is 232 g/mol. The van der Waals surface area contributed by atoms with Gasteiger partial charge in [-0.3, -0.25) is 14.5 Å². The molecule has 0 radical (unpaired) electrons. The number of amides is 1. The summed E-state index contributed by atoms with van der Waals surface area (Å²) in [6.45, 7) is 9.01. The molecule has 0 aromatic carbocycles. The molecule has 1 fully saturated rings. The van der Waals surface area contributed by atoms with Gasteiger partial charge in [0, 0.05) is 19.1 Å². The van der Waals surface area contributed by atoms with Gasteiger partial charge in [-0.15, -0.1) is 0 Å². The van der Waals surface area contributed by atoms with E-state index in [1.807, 2.05) is 25.7 Å². The van der Waals surface area contributed by atoms with Crippen LogP contribution in [0.15, 0.2) is 0 Å². The predicted molar refractivity (Wildman–Crippen MR) is 69.2 cm³/mol. The Morgan fingerprint density at radius 1 is 1.33 bits per heavy atom. The van der Waals surface area contributed by atoms with Crippen LogP contribution < -0.4 is 5.32 Å². The van der Waals surface area contributed by atoms with Crippen molar-refractivity contribution in [2.45, 2.75) is 46.2 Å². The van der Waals surface area contributed by atoms with Crippen LogP contribution in [0, 0.1) is 11.8 Å². The van der Waals surface area contributed by atoms with E-state index in [0.29, 0.717) is 13.1 Å². The zero-order valence-electron chi connectivity index (χ0n) is 11.6. The Labute approximate surface area is 109 Å². The van der Waals surface area contributed by atoms with Crippen LogP contribution in [-0.4, -0.2) is 47.1 Å². The van der Waals surface area contributed by atoms with Gasteiger partial charge >= 0.3 is 5.97 Å². The Morgan fingerprint density at radius 2 is 1.89 bits per heavy atom. The monoisotopic (exact) mass is 256 g/mol. The zero-order chi connectivity index (χ0) is 13.9. The third kappa shape index (κ3) is 3.45. The van der Waals surface area contributed by atoms with Crippen molar-refractivity contribution in [2.24, 2.45) is 11.8 Å². The largest absolute Gasteiger partial charge is 0.481 e. The summed E-state index contributed by atoms with van der Waals surface area (Å²) in [7, 11) is 0. The molecule has 3 atom stereocenters. The molecule has 0 bridgehead atoms. The Kier molecular flexibility index (Phi) is 5.14. The lowest BCUT2D eigenvalue weighted by atomic mass is 9.86. The van der Waals surface area contributed by atoms with E-state index in [2.05, 4.69) is 5.32 Å². The van der Waals surface area contributed by atoms with E-state index in [9.17, 15) is 9.59 Å². The van der Waals surface area contributed by atoms with Gasteiger partial charge in [0.1, 0.15) is 0 Å². The summed E-state index contributed by atoms with van der Waals surface area (Å²) in [5.41, 5.74) is 0. The molecule has 18 heavy (non-hydrogen) atoms. The second-order valence-corrected chi connectivity index (χ2v) is 5.33. The number of nitrogens with zero attached hydrogens (tertiary/aromatic N) is 1. The first-order valence-electron chi connectivity index (χ1n) is 6.64. The topological polar surface area (TPSA) is 69.6 Å². The number of carbonyl (C=O) groups is 2. The SMILES string of the molecule is CCC(C)NC(=O)C(C)N1CC(C(C)C(=O)O)C1. The second kappa shape index (κ2) is 6.18. The van der Waals surface area contributed by atoms with Gasteiger partial charge in [0.15, 0.2) is 0 Å². The summed E-state index contributed by atoms with van der Waals surface area (Å²) in [6.07, 6.45) is 0.914. The lowest BCUT2D eigenvalue weighted by molar-refractivity contribution is -0.146. The minimum absolute atomic E-state index is 0.0331. The zero-order valence-corrected chi connectivity index (χ0v) is 11.6. The van der Waals surface area contributed by atoms with Crippen LogP contribution in [0.3, 0.4) is 0 Å². The fourth-order valence-electron chi connectivity index (χ4n) is 2.01. The molecule has 1 saturated heterocycles. The highest BCUT2D eigenvalue weighted by atomic mass is 16.4. The van der Waals surface area contributed by atoms with Crippen LogP contribution in [0.25, 0.3) is 0 Å². The molecule has 0 aromatic heterocycles. The van der Waals surface area contributed by atoms with Crippen molar-refractivity contribution in [3.8, 4) is 0 Å². The number of hydrogen-bond donors (Lipinski definition) is 2. The van der Waals surface area contributed by atoms with E-state index in [1.165, 1.54) is 0 Å². The lowest BCUT2D eigenvalue weighted by Crippen LogP contribution is -2.58. The number of aliphatic carboxylic acids is 1. The number of likely N-dealkylation sites (tertiary alicyclic amines) is 1. The number of carboxylic acids is 1. The molecule has 0 aliphatic carbocycles. The predicted octanol–water partition coefficient (Wildman–Crippen LogP) is 0.942.